The number of urea groups is 1. The summed E-state index contributed by atoms with van der Waals surface area (Å²) < 4.78 is 18.9. The molecule has 0 atom stereocenters. The van der Waals surface area contributed by atoms with E-state index in [0.717, 1.165) is 24.1 Å². The number of carbonyl (C=O) groups excluding carboxylic acids is 1. The summed E-state index contributed by atoms with van der Waals surface area (Å²) in [5.41, 5.74) is 2.13. The van der Waals surface area contributed by atoms with Gasteiger partial charge in [0, 0.05) is 17.3 Å². The third-order valence-corrected chi connectivity index (χ3v) is 4.52. The summed E-state index contributed by atoms with van der Waals surface area (Å²) in [5.74, 6) is 0.525. The van der Waals surface area contributed by atoms with E-state index < -0.39 is 11.8 Å². The normalized spacial score (nSPS) is 13.0. The zero-order valence-electron chi connectivity index (χ0n) is 14.1. The first-order valence-corrected chi connectivity index (χ1v) is 8.71. The Hall–Kier alpha value is -3.07. The largest absolute Gasteiger partial charge is 0.476 e. The Morgan fingerprint density at radius 3 is 3.04 bits per heavy atom. The van der Waals surface area contributed by atoms with Gasteiger partial charge < -0.3 is 10.1 Å². The number of nitrogens with one attached hydrogen (secondary N) is 3. The van der Waals surface area contributed by atoms with E-state index in [1.165, 1.54) is 23.1 Å². The van der Waals surface area contributed by atoms with Crippen molar-refractivity contribution in [2.45, 2.75) is 19.4 Å². The number of H-pyrrole nitrogens is 2. The number of nitrogens with zero attached hydrogens (tertiary/aromatic N) is 3. The Labute approximate surface area is 158 Å². The quantitative estimate of drug-likeness (QED) is 0.635. The molecule has 2 aromatic heterocycles. The lowest BCUT2D eigenvalue weighted by Gasteiger charge is -2.22. The lowest BCUT2D eigenvalue weighted by atomic mass is 10.1. The first-order chi connectivity index (χ1) is 13.1. The van der Waals surface area contributed by atoms with Gasteiger partial charge in [-0.3, -0.25) is 15.1 Å². The number of fused-ring (bicyclic) bond motifs is 1. The van der Waals surface area contributed by atoms with Crippen molar-refractivity contribution in [1.82, 2.24) is 20.4 Å². The van der Waals surface area contributed by atoms with Crippen molar-refractivity contribution in [2.24, 2.45) is 0 Å². The van der Waals surface area contributed by atoms with Crippen molar-refractivity contribution in [1.29, 1.82) is 0 Å². The molecule has 4 rings (SSSR count). The molecule has 0 radical (unpaired) electrons. The van der Waals surface area contributed by atoms with Gasteiger partial charge in [-0.2, -0.15) is 5.10 Å². The zero-order chi connectivity index (χ0) is 18.8. The Morgan fingerprint density at radius 1 is 1.37 bits per heavy atom. The first kappa shape index (κ1) is 17.3. The summed E-state index contributed by atoms with van der Waals surface area (Å²) in [6.07, 6.45) is 3.27. The van der Waals surface area contributed by atoms with E-state index in [-0.39, 0.29) is 11.6 Å². The molecule has 0 unspecified atom stereocenters. The maximum Gasteiger partial charge on any atom is 0.327 e. The molecule has 0 saturated heterocycles. The smallest absolute Gasteiger partial charge is 0.327 e. The number of anilines is 2. The van der Waals surface area contributed by atoms with Crippen LogP contribution in [0.3, 0.4) is 0 Å². The molecule has 3 heterocycles. The lowest BCUT2D eigenvalue weighted by molar-refractivity contribution is 0.256. The Bertz CT molecular complexity index is 958. The third kappa shape index (κ3) is 3.59. The second-order valence-corrected chi connectivity index (χ2v) is 6.43. The summed E-state index contributed by atoms with van der Waals surface area (Å²) in [7, 11) is 0. The van der Waals surface area contributed by atoms with Gasteiger partial charge in [0.15, 0.2) is 0 Å². The van der Waals surface area contributed by atoms with E-state index >= 15 is 0 Å². The Balaban J connectivity index is 1.58. The van der Waals surface area contributed by atoms with E-state index in [1.807, 2.05) is 0 Å². The molecule has 0 spiro atoms. The van der Waals surface area contributed by atoms with Crippen LogP contribution in [0, 0.1) is 5.82 Å². The van der Waals surface area contributed by atoms with E-state index in [4.69, 9.17) is 16.3 Å². The van der Waals surface area contributed by atoms with Crippen LogP contribution in [-0.2, 0) is 13.0 Å². The number of amides is 2. The minimum Gasteiger partial charge on any atom is -0.476 e. The van der Waals surface area contributed by atoms with Crippen LogP contribution < -0.4 is 15.0 Å². The van der Waals surface area contributed by atoms with Crippen LogP contribution in [0.5, 0.6) is 5.88 Å². The van der Waals surface area contributed by atoms with E-state index in [2.05, 4.69) is 25.7 Å². The lowest BCUT2D eigenvalue weighted by Crippen LogP contribution is -2.35. The van der Waals surface area contributed by atoms with E-state index in [0.29, 0.717) is 24.0 Å². The molecular weight excluding hydrogens is 375 g/mol. The highest BCUT2D eigenvalue weighted by Gasteiger charge is 2.24. The van der Waals surface area contributed by atoms with Gasteiger partial charge in [0.1, 0.15) is 11.6 Å². The number of hydrogen-bond donors (Lipinski definition) is 3. The van der Waals surface area contributed by atoms with Crippen molar-refractivity contribution in [3.8, 4) is 5.88 Å². The number of rotatable bonds is 4. The molecule has 1 aliphatic heterocycles. The van der Waals surface area contributed by atoms with Gasteiger partial charge >= 0.3 is 6.03 Å². The number of ether oxygens (including phenoxy) is 1. The van der Waals surface area contributed by atoms with Crippen molar-refractivity contribution in [3.05, 3.63) is 52.6 Å². The molecule has 3 N–H and O–H groups in total. The Morgan fingerprint density at radius 2 is 2.26 bits per heavy atom. The summed E-state index contributed by atoms with van der Waals surface area (Å²) in [6, 6.07) is 5.24. The SMILES string of the molecule is O=C(Nc1ccc(F)c(Cl)c1)N(Cc1[nH]nc2c1CCCO2)c1ccn[nH]1. The number of hydrogen-bond acceptors (Lipinski definition) is 4. The number of aromatic amines is 2. The monoisotopic (exact) mass is 390 g/mol. The van der Waals surface area contributed by atoms with Gasteiger partial charge in [-0.1, -0.05) is 11.6 Å². The van der Waals surface area contributed by atoms with Gasteiger partial charge in [0.05, 0.1) is 30.1 Å². The fraction of sp³-hybridized carbons (Fsp3) is 0.235. The van der Waals surface area contributed by atoms with Crippen molar-refractivity contribution < 1.29 is 13.9 Å². The second kappa shape index (κ2) is 7.28. The molecule has 140 valence electrons. The molecule has 0 aliphatic carbocycles. The maximum absolute atomic E-state index is 13.3. The van der Waals surface area contributed by atoms with Gasteiger partial charge in [0.2, 0.25) is 5.88 Å². The second-order valence-electron chi connectivity index (χ2n) is 6.02. The molecular formula is C17H16ClFN6O2. The fourth-order valence-electron chi connectivity index (χ4n) is 2.90. The van der Waals surface area contributed by atoms with Crippen LogP contribution >= 0.6 is 11.6 Å². The molecule has 3 aromatic rings. The van der Waals surface area contributed by atoms with Crippen molar-refractivity contribution in [3.63, 3.8) is 0 Å². The van der Waals surface area contributed by atoms with Crippen molar-refractivity contribution >= 4 is 29.1 Å². The van der Waals surface area contributed by atoms with Crippen LogP contribution in [0.15, 0.2) is 30.5 Å². The molecule has 10 heteroatoms. The predicted molar refractivity (Wildman–Crippen MR) is 97.6 cm³/mol. The molecule has 2 amide bonds. The van der Waals surface area contributed by atoms with Crippen LogP contribution in [0.25, 0.3) is 0 Å². The fourth-order valence-corrected chi connectivity index (χ4v) is 3.08. The molecule has 8 nitrogen and oxygen atoms in total. The minimum atomic E-state index is -0.552. The van der Waals surface area contributed by atoms with Crippen molar-refractivity contribution in [2.75, 3.05) is 16.8 Å². The zero-order valence-corrected chi connectivity index (χ0v) is 14.9. The van der Waals surface area contributed by atoms with E-state index in [9.17, 15) is 9.18 Å². The predicted octanol–water partition coefficient (Wildman–Crippen LogP) is 3.49. The average Bonchev–Trinajstić information content (AvgIpc) is 3.32. The standard InChI is InChI=1S/C17H16ClFN6O2/c18-12-8-10(3-4-13(12)19)21-17(26)25(15-5-6-20-23-15)9-14-11-2-1-7-27-16(11)24-22-14/h3-6,8H,1-2,7,9H2,(H,20,23)(H,21,26)(H,22,24). The van der Waals surface area contributed by atoms with Gasteiger partial charge in [-0.05, 0) is 31.0 Å². The van der Waals surface area contributed by atoms with Crippen LogP contribution in [0.2, 0.25) is 5.02 Å². The maximum atomic E-state index is 13.3. The third-order valence-electron chi connectivity index (χ3n) is 4.23. The molecule has 0 bridgehead atoms. The van der Waals surface area contributed by atoms with Gasteiger partial charge in [0.25, 0.3) is 0 Å². The van der Waals surface area contributed by atoms with Gasteiger partial charge in [-0.15, -0.1) is 5.10 Å². The molecule has 0 fully saturated rings. The van der Waals surface area contributed by atoms with Crippen LogP contribution in [0.1, 0.15) is 17.7 Å². The molecule has 0 saturated carbocycles. The highest BCUT2D eigenvalue weighted by Crippen LogP contribution is 2.27. The molecule has 1 aliphatic rings. The first-order valence-electron chi connectivity index (χ1n) is 8.33. The molecule has 1 aromatic carbocycles. The Kier molecular flexibility index (Phi) is 4.68. The number of aromatic nitrogens is 4. The van der Waals surface area contributed by atoms with Crippen LogP contribution in [-0.4, -0.2) is 33.0 Å². The summed E-state index contributed by atoms with van der Waals surface area (Å²) in [6.45, 7) is 0.863. The summed E-state index contributed by atoms with van der Waals surface area (Å²) >= 11 is 5.79. The molecule has 27 heavy (non-hydrogen) atoms. The topological polar surface area (TPSA) is 98.9 Å². The number of halogens is 2. The van der Waals surface area contributed by atoms with E-state index in [1.54, 1.807) is 12.3 Å². The van der Waals surface area contributed by atoms with Crippen LogP contribution in [0.4, 0.5) is 20.7 Å². The number of carbonyl (C=O) groups is 1. The minimum absolute atomic E-state index is 0.0688. The highest BCUT2D eigenvalue weighted by molar-refractivity contribution is 6.31. The van der Waals surface area contributed by atoms with Gasteiger partial charge in [-0.25, -0.2) is 9.18 Å². The average molecular weight is 391 g/mol. The highest BCUT2D eigenvalue weighted by atomic mass is 35.5. The number of benzene rings is 1. The summed E-state index contributed by atoms with van der Waals surface area (Å²) in [4.78, 5) is 14.3. The summed E-state index contributed by atoms with van der Waals surface area (Å²) in [5, 5.41) is 16.4.